The Morgan fingerprint density at radius 3 is 2.51 bits per heavy atom. The highest BCUT2D eigenvalue weighted by atomic mass is 19.1. The van der Waals surface area contributed by atoms with Crippen LogP contribution in [0.15, 0.2) is 77.2 Å². The average Bonchev–Trinajstić information content (AvgIpc) is 3.23. The summed E-state index contributed by atoms with van der Waals surface area (Å²) in [7, 11) is 0. The molecule has 0 bridgehead atoms. The van der Waals surface area contributed by atoms with Crippen molar-refractivity contribution < 1.29 is 28.2 Å². The van der Waals surface area contributed by atoms with E-state index in [4.69, 9.17) is 19.0 Å². The van der Waals surface area contributed by atoms with Crippen molar-refractivity contribution in [1.82, 2.24) is 4.98 Å². The molecule has 0 amide bonds. The molecule has 3 aromatic carbocycles. The van der Waals surface area contributed by atoms with Crippen molar-refractivity contribution >= 4 is 5.97 Å². The fourth-order valence-electron chi connectivity index (χ4n) is 3.66. The summed E-state index contributed by atoms with van der Waals surface area (Å²) >= 11 is 0. The van der Waals surface area contributed by atoms with Crippen LogP contribution in [0.25, 0.3) is 11.5 Å². The van der Waals surface area contributed by atoms with Gasteiger partial charge in [-0.25, -0.2) is 9.37 Å². The molecule has 0 aliphatic carbocycles. The maximum atomic E-state index is 13.5. The van der Waals surface area contributed by atoms with Crippen molar-refractivity contribution in [2.24, 2.45) is 0 Å². The van der Waals surface area contributed by atoms with Gasteiger partial charge in [-0.1, -0.05) is 30.3 Å². The Morgan fingerprint density at radius 1 is 0.943 bits per heavy atom. The molecule has 0 fully saturated rings. The summed E-state index contributed by atoms with van der Waals surface area (Å²) in [5.74, 6) is 1.10. The van der Waals surface area contributed by atoms with E-state index in [1.54, 1.807) is 12.1 Å². The summed E-state index contributed by atoms with van der Waals surface area (Å²) in [5, 5.41) is 9.07. The number of ether oxygens (including phenoxy) is 2. The van der Waals surface area contributed by atoms with Gasteiger partial charge in [-0.15, -0.1) is 0 Å². The molecule has 35 heavy (non-hydrogen) atoms. The van der Waals surface area contributed by atoms with E-state index in [1.807, 2.05) is 55.5 Å². The topological polar surface area (TPSA) is 81.8 Å². The van der Waals surface area contributed by atoms with Gasteiger partial charge in [0.25, 0.3) is 0 Å². The number of carboxylic acids is 1. The molecule has 0 saturated carbocycles. The van der Waals surface area contributed by atoms with Crippen LogP contribution < -0.4 is 9.47 Å². The molecular formula is C28H26FNO5. The molecule has 0 aliphatic heterocycles. The van der Waals surface area contributed by atoms with Gasteiger partial charge >= 0.3 is 5.97 Å². The Balaban J connectivity index is 1.42. The van der Waals surface area contributed by atoms with Gasteiger partial charge in [-0.3, -0.25) is 4.79 Å². The minimum absolute atomic E-state index is 0.00233. The van der Waals surface area contributed by atoms with Crippen molar-refractivity contribution in [3.63, 3.8) is 0 Å². The number of oxazole rings is 1. The number of benzene rings is 3. The highest BCUT2D eigenvalue weighted by molar-refractivity contribution is 5.67. The largest absolute Gasteiger partial charge is 0.493 e. The Hall–Kier alpha value is -4.13. The lowest BCUT2D eigenvalue weighted by atomic mass is 10.0. The first-order valence-electron chi connectivity index (χ1n) is 11.3. The van der Waals surface area contributed by atoms with Gasteiger partial charge in [0.2, 0.25) is 5.89 Å². The maximum Gasteiger partial charge on any atom is 0.303 e. The number of aromatic nitrogens is 1. The highest BCUT2D eigenvalue weighted by Gasteiger charge is 2.12. The van der Waals surface area contributed by atoms with E-state index in [0.29, 0.717) is 36.8 Å². The number of nitrogens with zero attached hydrogens (tertiary/aromatic N) is 1. The van der Waals surface area contributed by atoms with Gasteiger partial charge in [-0.05, 0) is 60.9 Å². The lowest BCUT2D eigenvalue weighted by molar-refractivity contribution is -0.136. The molecule has 180 valence electrons. The number of aliphatic carboxylic acids is 1. The molecular weight excluding hydrogens is 449 g/mol. The summed E-state index contributed by atoms with van der Waals surface area (Å²) in [4.78, 5) is 15.7. The van der Waals surface area contributed by atoms with Crippen LogP contribution in [0, 0.1) is 12.7 Å². The average molecular weight is 476 g/mol. The molecule has 6 nitrogen and oxygen atoms in total. The van der Waals surface area contributed by atoms with Crippen LogP contribution in [0.5, 0.6) is 11.5 Å². The highest BCUT2D eigenvalue weighted by Crippen LogP contribution is 2.24. The van der Waals surface area contributed by atoms with E-state index >= 15 is 0 Å². The first-order chi connectivity index (χ1) is 17.0. The summed E-state index contributed by atoms with van der Waals surface area (Å²) in [6.07, 6.45) is 0.929. The van der Waals surface area contributed by atoms with Gasteiger partial charge in [0.1, 0.15) is 29.7 Å². The summed E-state index contributed by atoms with van der Waals surface area (Å²) in [6, 6.07) is 21.1. The third-order valence-electron chi connectivity index (χ3n) is 5.50. The standard InChI is InChI=1S/C28H26FNO5/c1-19-26(30-28(35-19)21-6-3-2-4-7-21)14-15-33-25-12-10-20(11-13-27(31)32)22(16-25)18-34-24-9-5-8-23(29)17-24/h2-10,12,16-17H,11,13-15,18H2,1H3,(H,31,32). The molecule has 1 heterocycles. The minimum Gasteiger partial charge on any atom is -0.493 e. The zero-order valence-electron chi connectivity index (χ0n) is 19.4. The van der Waals surface area contributed by atoms with Crippen LogP contribution in [-0.2, 0) is 24.2 Å². The number of hydrogen-bond donors (Lipinski definition) is 1. The van der Waals surface area contributed by atoms with Gasteiger partial charge in [0.05, 0.1) is 12.3 Å². The molecule has 0 saturated heterocycles. The van der Waals surface area contributed by atoms with Crippen molar-refractivity contribution in [2.75, 3.05) is 6.61 Å². The van der Waals surface area contributed by atoms with Crippen LogP contribution in [0.2, 0.25) is 0 Å². The second-order valence-corrected chi connectivity index (χ2v) is 8.06. The maximum absolute atomic E-state index is 13.5. The van der Waals surface area contributed by atoms with Gasteiger partial charge in [0.15, 0.2) is 0 Å². The monoisotopic (exact) mass is 475 g/mol. The third-order valence-corrected chi connectivity index (χ3v) is 5.50. The van der Waals surface area contributed by atoms with Crippen LogP contribution in [-0.4, -0.2) is 22.7 Å². The van der Waals surface area contributed by atoms with Crippen LogP contribution in [0.4, 0.5) is 4.39 Å². The smallest absolute Gasteiger partial charge is 0.303 e. The van der Waals surface area contributed by atoms with E-state index in [0.717, 1.165) is 28.1 Å². The number of carbonyl (C=O) groups is 1. The molecule has 0 spiro atoms. The molecule has 0 unspecified atom stereocenters. The third kappa shape index (κ3) is 6.69. The number of aryl methyl sites for hydroxylation is 2. The second-order valence-electron chi connectivity index (χ2n) is 8.06. The summed E-state index contributed by atoms with van der Waals surface area (Å²) < 4.78 is 31.0. The molecule has 1 N–H and O–H groups in total. The van der Waals surface area contributed by atoms with E-state index in [9.17, 15) is 9.18 Å². The van der Waals surface area contributed by atoms with E-state index in [2.05, 4.69) is 4.98 Å². The fourth-order valence-corrected chi connectivity index (χ4v) is 3.66. The number of rotatable bonds is 11. The molecule has 0 radical (unpaired) electrons. The zero-order valence-corrected chi connectivity index (χ0v) is 19.4. The van der Waals surface area contributed by atoms with Crippen molar-refractivity contribution in [1.29, 1.82) is 0 Å². The normalized spacial score (nSPS) is 10.8. The molecule has 7 heteroatoms. The number of hydrogen-bond acceptors (Lipinski definition) is 5. The summed E-state index contributed by atoms with van der Waals surface area (Å²) in [6.45, 7) is 2.44. The fraction of sp³-hybridized carbons (Fsp3) is 0.214. The van der Waals surface area contributed by atoms with Crippen LogP contribution in [0.1, 0.15) is 29.0 Å². The zero-order chi connectivity index (χ0) is 24.6. The van der Waals surface area contributed by atoms with Gasteiger partial charge < -0.3 is 19.0 Å². The number of halogens is 1. The van der Waals surface area contributed by atoms with Crippen molar-refractivity contribution in [2.45, 2.75) is 32.8 Å². The molecule has 0 atom stereocenters. The molecule has 4 rings (SSSR count). The van der Waals surface area contributed by atoms with E-state index in [1.165, 1.54) is 12.1 Å². The Morgan fingerprint density at radius 2 is 1.74 bits per heavy atom. The van der Waals surface area contributed by atoms with Gasteiger partial charge in [-0.2, -0.15) is 0 Å². The lowest BCUT2D eigenvalue weighted by Crippen LogP contribution is -2.06. The van der Waals surface area contributed by atoms with Crippen LogP contribution >= 0.6 is 0 Å². The van der Waals surface area contributed by atoms with Crippen molar-refractivity contribution in [3.05, 3.63) is 101 Å². The van der Waals surface area contributed by atoms with E-state index < -0.39 is 5.97 Å². The first kappa shape index (κ1) is 24.0. The predicted octanol–water partition coefficient (Wildman–Crippen LogP) is 6.01. The molecule has 1 aromatic heterocycles. The Kier molecular flexibility index (Phi) is 7.77. The lowest BCUT2D eigenvalue weighted by Gasteiger charge is -2.13. The Labute approximate surface area is 203 Å². The first-order valence-corrected chi connectivity index (χ1v) is 11.3. The Bertz CT molecular complexity index is 1290. The predicted molar refractivity (Wildman–Crippen MR) is 129 cm³/mol. The molecule has 0 aliphatic rings. The van der Waals surface area contributed by atoms with E-state index in [-0.39, 0.29) is 18.8 Å². The summed E-state index contributed by atoms with van der Waals surface area (Å²) in [5.41, 5.74) is 3.38. The van der Waals surface area contributed by atoms with Crippen LogP contribution in [0.3, 0.4) is 0 Å². The molecule has 4 aromatic rings. The SMILES string of the molecule is Cc1oc(-c2ccccc2)nc1CCOc1ccc(CCC(=O)O)c(COc2cccc(F)c2)c1. The quantitative estimate of drug-likeness (QED) is 0.286. The minimum atomic E-state index is -0.875. The number of carboxylic acid groups (broad SMARTS) is 1. The van der Waals surface area contributed by atoms with Gasteiger partial charge in [0, 0.05) is 24.5 Å². The second kappa shape index (κ2) is 11.3. The van der Waals surface area contributed by atoms with Crippen molar-refractivity contribution in [3.8, 4) is 23.0 Å².